The zero-order chi connectivity index (χ0) is 19.6. The molecule has 2 rings (SSSR count). The highest BCUT2D eigenvalue weighted by Gasteiger charge is 2.45. The third-order valence-corrected chi connectivity index (χ3v) is 5.12. The summed E-state index contributed by atoms with van der Waals surface area (Å²) in [6.07, 6.45) is -2.00. The lowest BCUT2D eigenvalue weighted by Gasteiger charge is -2.43. The summed E-state index contributed by atoms with van der Waals surface area (Å²) in [7, 11) is 0. The van der Waals surface area contributed by atoms with E-state index in [1.165, 1.54) is 6.92 Å². The molecule has 6 atom stereocenters. The summed E-state index contributed by atoms with van der Waals surface area (Å²) in [6, 6.07) is 0. The molecule has 1 saturated heterocycles. The van der Waals surface area contributed by atoms with Crippen LogP contribution < -0.4 is 0 Å². The van der Waals surface area contributed by atoms with E-state index in [0.29, 0.717) is 12.8 Å². The van der Waals surface area contributed by atoms with Gasteiger partial charge in [0.2, 0.25) is 0 Å². The molecule has 0 spiro atoms. The Bertz CT molecular complexity index is 578. The lowest BCUT2D eigenvalue weighted by Crippen LogP contribution is -2.59. The Kier molecular flexibility index (Phi) is 6.76. The molecule has 7 heteroatoms. The maximum atomic E-state index is 11.2. The first-order valence-electron chi connectivity index (χ1n) is 8.91. The van der Waals surface area contributed by atoms with Crippen molar-refractivity contribution in [3.8, 4) is 0 Å². The molecule has 0 aromatic heterocycles. The minimum absolute atomic E-state index is 0.0132. The van der Waals surface area contributed by atoms with Gasteiger partial charge in [0.1, 0.15) is 24.4 Å². The van der Waals surface area contributed by atoms with Crippen molar-refractivity contribution < 1.29 is 34.7 Å². The number of ketones is 1. The first-order chi connectivity index (χ1) is 12.1. The lowest BCUT2D eigenvalue weighted by atomic mass is 9.71. The van der Waals surface area contributed by atoms with E-state index >= 15 is 0 Å². The summed E-state index contributed by atoms with van der Waals surface area (Å²) in [5, 5.41) is 39.2. The summed E-state index contributed by atoms with van der Waals surface area (Å²) in [5.74, 6) is -0.0132. The first kappa shape index (κ1) is 21.2. The average Bonchev–Trinajstić information content (AvgIpc) is 2.53. The number of allylic oxidation sites excluding steroid dienone is 3. The molecule has 0 radical (unpaired) electrons. The Morgan fingerprint density at radius 3 is 2.46 bits per heavy atom. The summed E-state index contributed by atoms with van der Waals surface area (Å²) < 4.78 is 11.3. The van der Waals surface area contributed by atoms with Crippen molar-refractivity contribution in [3.63, 3.8) is 0 Å². The van der Waals surface area contributed by atoms with Crippen molar-refractivity contribution in [3.05, 3.63) is 23.3 Å². The van der Waals surface area contributed by atoms with Crippen molar-refractivity contribution in [1.29, 1.82) is 0 Å². The molecule has 0 amide bonds. The van der Waals surface area contributed by atoms with Gasteiger partial charge in [-0.2, -0.15) is 0 Å². The Morgan fingerprint density at radius 1 is 1.27 bits per heavy atom. The van der Waals surface area contributed by atoms with Gasteiger partial charge in [0.25, 0.3) is 0 Å². The van der Waals surface area contributed by atoms with Crippen LogP contribution in [0.4, 0.5) is 0 Å². The van der Waals surface area contributed by atoms with Gasteiger partial charge in [-0.15, -0.1) is 0 Å². The zero-order valence-electron chi connectivity index (χ0n) is 15.8. The summed E-state index contributed by atoms with van der Waals surface area (Å²) in [5.41, 5.74) is 1.92. The number of rotatable bonds is 5. The van der Waals surface area contributed by atoms with Gasteiger partial charge in [0, 0.05) is 0 Å². The van der Waals surface area contributed by atoms with Gasteiger partial charge >= 0.3 is 0 Å². The second kappa shape index (κ2) is 8.29. The van der Waals surface area contributed by atoms with Crippen LogP contribution >= 0.6 is 0 Å². The number of aliphatic hydroxyl groups is 4. The van der Waals surface area contributed by atoms with Crippen LogP contribution in [0.25, 0.3) is 0 Å². The molecule has 0 aromatic carbocycles. The van der Waals surface area contributed by atoms with Crippen molar-refractivity contribution in [2.24, 2.45) is 5.41 Å². The molecule has 0 saturated carbocycles. The first-order valence-corrected chi connectivity index (χ1v) is 8.91. The van der Waals surface area contributed by atoms with Crippen molar-refractivity contribution in [2.45, 2.75) is 77.3 Å². The molecule has 0 aromatic rings. The largest absolute Gasteiger partial charge is 0.394 e. The minimum atomic E-state index is -1.45. The minimum Gasteiger partial charge on any atom is -0.394 e. The number of hydrogen-bond acceptors (Lipinski definition) is 7. The van der Waals surface area contributed by atoms with Crippen LogP contribution in [-0.4, -0.2) is 69.6 Å². The number of hydrogen-bond donors (Lipinski definition) is 4. The molecule has 1 aliphatic heterocycles. The molecular weight excluding hydrogens is 340 g/mol. The monoisotopic (exact) mass is 370 g/mol. The second-order valence-corrected chi connectivity index (χ2v) is 7.89. The predicted molar refractivity (Wildman–Crippen MR) is 94.2 cm³/mol. The van der Waals surface area contributed by atoms with Crippen LogP contribution in [0.1, 0.15) is 40.5 Å². The molecule has 26 heavy (non-hydrogen) atoms. The van der Waals surface area contributed by atoms with E-state index in [0.717, 1.165) is 11.1 Å². The van der Waals surface area contributed by atoms with Crippen molar-refractivity contribution in [1.82, 2.24) is 0 Å². The Balaban J connectivity index is 2.13. The summed E-state index contributed by atoms with van der Waals surface area (Å²) in [6.45, 7) is 7.11. The quantitative estimate of drug-likeness (QED) is 0.519. The van der Waals surface area contributed by atoms with Crippen LogP contribution in [0.2, 0.25) is 0 Å². The van der Waals surface area contributed by atoms with Gasteiger partial charge in [0.05, 0.1) is 12.7 Å². The molecule has 4 N–H and O–H groups in total. The zero-order valence-corrected chi connectivity index (χ0v) is 15.8. The molecular formula is C19H30O7. The second-order valence-electron chi connectivity index (χ2n) is 7.89. The van der Waals surface area contributed by atoms with E-state index in [1.54, 1.807) is 6.08 Å². The topological polar surface area (TPSA) is 116 Å². The SMILES string of the molecule is CC(=O)C=CC1=C(C)CC(OC2OC(CO)C(O)C(O)C2O)CC1(C)C. The van der Waals surface area contributed by atoms with Crippen LogP contribution in [0.5, 0.6) is 0 Å². The highest BCUT2D eigenvalue weighted by molar-refractivity contribution is 5.87. The molecule has 2 aliphatic rings. The molecule has 6 unspecified atom stereocenters. The van der Waals surface area contributed by atoms with Gasteiger partial charge in [-0.05, 0) is 43.8 Å². The lowest BCUT2D eigenvalue weighted by molar-refractivity contribution is -0.312. The van der Waals surface area contributed by atoms with Gasteiger partial charge in [-0.25, -0.2) is 0 Å². The van der Waals surface area contributed by atoms with Crippen molar-refractivity contribution in [2.75, 3.05) is 6.61 Å². The van der Waals surface area contributed by atoms with E-state index in [1.807, 2.05) is 13.0 Å². The maximum Gasteiger partial charge on any atom is 0.186 e. The maximum absolute atomic E-state index is 11.2. The number of carbonyl (C=O) groups excluding carboxylic acids is 1. The molecule has 1 fully saturated rings. The molecule has 1 heterocycles. The van der Waals surface area contributed by atoms with Crippen LogP contribution in [0.3, 0.4) is 0 Å². The average molecular weight is 370 g/mol. The summed E-state index contributed by atoms with van der Waals surface area (Å²) in [4.78, 5) is 11.2. The molecule has 148 valence electrons. The number of ether oxygens (including phenoxy) is 2. The van der Waals surface area contributed by atoms with Crippen LogP contribution in [0, 0.1) is 5.41 Å². The van der Waals surface area contributed by atoms with Gasteiger partial charge in [0.15, 0.2) is 12.1 Å². The fraction of sp³-hybridized carbons (Fsp3) is 0.737. The smallest absolute Gasteiger partial charge is 0.186 e. The standard InChI is InChI=1S/C19H30O7/c1-10-7-12(8-19(3,4)13(10)6-5-11(2)21)25-18-17(24)16(23)15(22)14(9-20)26-18/h5-6,12,14-18,20,22-24H,7-9H2,1-4H3. The Hall–Kier alpha value is -1.09. The number of aliphatic hydroxyl groups excluding tert-OH is 4. The fourth-order valence-corrected chi connectivity index (χ4v) is 3.81. The van der Waals surface area contributed by atoms with Crippen molar-refractivity contribution >= 4 is 5.78 Å². The highest BCUT2D eigenvalue weighted by Crippen LogP contribution is 2.42. The van der Waals surface area contributed by atoms with E-state index < -0.39 is 37.3 Å². The Morgan fingerprint density at radius 2 is 1.92 bits per heavy atom. The van der Waals surface area contributed by atoms with Gasteiger partial charge in [-0.3, -0.25) is 4.79 Å². The van der Waals surface area contributed by atoms with E-state index in [2.05, 4.69) is 13.8 Å². The third-order valence-electron chi connectivity index (χ3n) is 5.12. The number of carbonyl (C=O) groups is 1. The van der Waals surface area contributed by atoms with Gasteiger partial charge < -0.3 is 29.9 Å². The molecule has 1 aliphatic carbocycles. The fourth-order valence-electron chi connectivity index (χ4n) is 3.81. The predicted octanol–water partition coefficient (Wildman–Crippen LogP) is 0.453. The van der Waals surface area contributed by atoms with Crippen LogP contribution in [-0.2, 0) is 14.3 Å². The van der Waals surface area contributed by atoms with E-state index in [-0.39, 0.29) is 17.3 Å². The normalized spacial score (nSPS) is 38.0. The summed E-state index contributed by atoms with van der Waals surface area (Å²) >= 11 is 0. The third kappa shape index (κ3) is 4.60. The van der Waals surface area contributed by atoms with E-state index in [9.17, 15) is 25.2 Å². The van der Waals surface area contributed by atoms with E-state index in [4.69, 9.17) is 9.47 Å². The highest BCUT2D eigenvalue weighted by atomic mass is 16.7. The Labute approximate surface area is 153 Å². The molecule has 0 bridgehead atoms. The van der Waals surface area contributed by atoms with Crippen LogP contribution in [0.15, 0.2) is 23.3 Å². The van der Waals surface area contributed by atoms with Gasteiger partial charge in [-0.1, -0.05) is 25.5 Å². The molecule has 7 nitrogen and oxygen atoms in total.